The number of ketones is 1. The van der Waals surface area contributed by atoms with E-state index in [1.165, 1.54) is 0 Å². The third-order valence-electron chi connectivity index (χ3n) is 2.11. The van der Waals surface area contributed by atoms with Gasteiger partial charge in [-0.2, -0.15) is 0 Å². The molecular formula is C12H13NO4. The molecule has 1 rings (SSSR count). The third-order valence-corrected chi connectivity index (χ3v) is 2.11. The number of hydrogen-bond donors (Lipinski definition) is 2. The van der Waals surface area contributed by atoms with Gasteiger partial charge in [-0.25, -0.2) is 0 Å². The highest BCUT2D eigenvalue weighted by atomic mass is 16.4. The van der Waals surface area contributed by atoms with Crippen LogP contribution in [0.5, 0.6) is 0 Å². The fourth-order valence-electron chi connectivity index (χ4n) is 1.21. The first-order valence-corrected chi connectivity index (χ1v) is 5.16. The standard InChI is InChI=1S/C12H13NO4/c14-10(9-4-2-1-3-5-9)8-13-11(15)6-7-12(16)17/h1-5H,6-8H2,(H,13,15)(H,16,17). The Balaban J connectivity index is 2.34. The van der Waals surface area contributed by atoms with Crippen LogP contribution in [0.15, 0.2) is 30.3 Å². The summed E-state index contributed by atoms with van der Waals surface area (Å²) in [5.41, 5.74) is 0.519. The molecule has 5 nitrogen and oxygen atoms in total. The van der Waals surface area contributed by atoms with E-state index in [2.05, 4.69) is 5.32 Å². The molecule has 0 aliphatic carbocycles. The van der Waals surface area contributed by atoms with E-state index in [0.717, 1.165) is 0 Å². The number of hydrogen-bond acceptors (Lipinski definition) is 3. The smallest absolute Gasteiger partial charge is 0.303 e. The summed E-state index contributed by atoms with van der Waals surface area (Å²) >= 11 is 0. The van der Waals surface area contributed by atoms with Crippen LogP contribution in [0, 0.1) is 0 Å². The van der Waals surface area contributed by atoms with E-state index in [0.29, 0.717) is 5.56 Å². The molecule has 0 unspecified atom stereocenters. The minimum Gasteiger partial charge on any atom is -0.481 e. The lowest BCUT2D eigenvalue weighted by Crippen LogP contribution is -2.29. The van der Waals surface area contributed by atoms with Crippen LogP contribution in [-0.4, -0.2) is 29.3 Å². The number of benzene rings is 1. The number of carbonyl (C=O) groups excluding carboxylic acids is 2. The van der Waals surface area contributed by atoms with Gasteiger partial charge in [-0.05, 0) is 0 Å². The summed E-state index contributed by atoms with van der Waals surface area (Å²) in [7, 11) is 0. The van der Waals surface area contributed by atoms with Crippen molar-refractivity contribution in [2.45, 2.75) is 12.8 Å². The number of carboxylic acid groups (broad SMARTS) is 1. The molecule has 0 aliphatic heterocycles. The van der Waals surface area contributed by atoms with Crippen molar-refractivity contribution in [2.75, 3.05) is 6.54 Å². The van der Waals surface area contributed by atoms with Crippen LogP contribution in [0.4, 0.5) is 0 Å². The lowest BCUT2D eigenvalue weighted by molar-refractivity contribution is -0.138. The third kappa shape index (κ3) is 4.92. The SMILES string of the molecule is O=C(O)CCC(=O)NCC(=O)c1ccccc1. The molecule has 1 aromatic rings. The lowest BCUT2D eigenvalue weighted by Gasteiger charge is -2.03. The van der Waals surface area contributed by atoms with Crippen molar-refractivity contribution < 1.29 is 19.5 Å². The van der Waals surface area contributed by atoms with Gasteiger partial charge < -0.3 is 10.4 Å². The van der Waals surface area contributed by atoms with E-state index in [4.69, 9.17) is 5.11 Å². The number of aliphatic carboxylic acids is 1. The van der Waals surface area contributed by atoms with Crippen molar-refractivity contribution in [3.63, 3.8) is 0 Å². The molecule has 90 valence electrons. The first-order valence-electron chi connectivity index (χ1n) is 5.16. The van der Waals surface area contributed by atoms with E-state index >= 15 is 0 Å². The Kier molecular flexibility index (Phi) is 4.87. The predicted molar refractivity (Wildman–Crippen MR) is 60.7 cm³/mol. The summed E-state index contributed by atoms with van der Waals surface area (Å²) in [6.45, 7) is -0.109. The number of amides is 1. The van der Waals surface area contributed by atoms with Crippen LogP contribution in [-0.2, 0) is 9.59 Å². The molecule has 2 N–H and O–H groups in total. The number of nitrogens with one attached hydrogen (secondary N) is 1. The van der Waals surface area contributed by atoms with E-state index in [9.17, 15) is 14.4 Å². The normalized spacial score (nSPS) is 9.65. The van der Waals surface area contributed by atoms with Gasteiger partial charge in [0, 0.05) is 12.0 Å². The fraction of sp³-hybridized carbons (Fsp3) is 0.250. The van der Waals surface area contributed by atoms with Gasteiger partial charge in [-0.1, -0.05) is 30.3 Å². The van der Waals surface area contributed by atoms with Gasteiger partial charge in [-0.3, -0.25) is 14.4 Å². The monoisotopic (exact) mass is 235 g/mol. The van der Waals surface area contributed by atoms with Crippen molar-refractivity contribution >= 4 is 17.7 Å². The number of carbonyl (C=O) groups is 3. The second-order valence-electron chi connectivity index (χ2n) is 3.46. The predicted octanol–water partition coefficient (Wildman–Crippen LogP) is 0.850. The van der Waals surface area contributed by atoms with Gasteiger partial charge in [0.2, 0.25) is 5.91 Å². The van der Waals surface area contributed by atoms with Gasteiger partial charge in [-0.15, -0.1) is 0 Å². The molecule has 1 amide bonds. The van der Waals surface area contributed by atoms with Gasteiger partial charge >= 0.3 is 5.97 Å². The number of Topliss-reactive ketones (excluding diaryl/α,β-unsaturated/α-hetero) is 1. The Hall–Kier alpha value is -2.17. The molecule has 0 aliphatic rings. The minimum atomic E-state index is -1.03. The molecule has 17 heavy (non-hydrogen) atoms. The van der Waals surface area contributed by atoms with Crippen LogP contribution in [0.3, 0.4) is 0 Å². The maximum atomic E-state index is 11.6. The van der Waals surface area contributed by atoms with E-state index in [-0.39, 0.29) is 25.2 Å². The summed E-state index contributed by atoms with van der Waals surface area (Å²) in [4.78, 5) is 32.9. The molecule has 1 aromatic carbocycles. The van der Waals surface area contributed by atoms with Gasteiger partial charge in [0.15, 0.2) is 5.78 Å². The zero-order chi connectivity index (χ0) is 12.7. The summed E-state index contributed by atoms with van der Waals surface area (Å²) in [6, 6.07) is 8.58. The van der Waals surface area contributed by atoms with Gasteiger partial charge in [0.05, 0.1) is 13.0 Å². The van der Waals surface area contributed by atoms with E-state index in [1.807, 2.05) is 0 Å². The molecule has 0 fully saturated rings. The highest BCUT2D eigenvalue weighted by molar-refractivity contribution is 5.99. The molecule has 5 heteroatoms. The van der Waals surface area contributed by atoms with Crippen LogP contribution in [0.1, 0.15) is 23.2 Å². The zero-order valence-electron chi connectivity index (χ0n) is 9.18. The average molecular weight is 235 g/mol. The summed E-state index contributed by atoms with van der Waals surface area (Å²) < 4.78 is 0. The summed E-state index contributed by atoms with van der Waals surface area (Å²) in [5.74, 6) is -1.67. The topological polar surface area (TPSA) is 83.5 Å². The van der Waals surface area contributed by atoms with Crippen molar-refractivity contribution in [3.8, 4) is 0 Å². The van der Waals surface area contributed by atoms with Gasteiger partial charge in [0.25, 0.3) is 0 Å². The second-order valence-corrected chi connectivity index (χ2v) is 3.46. The van der Waals surface area contributed by atoms with Crippen molar-refractivity contribution in [1.82, 2.24) is 5.32 Å². The van der Waals surface area contributed by atoms with Crippen molar-refractivity contribution in [1.29, 1.82) is 0 Å². The highest BCUT2D eigenvalue weighted by Gasteiger charge is 2.08. The fourth-order valence-corrected chi connectivity index (χ4v) is 1.21. The minimum absolute atomic E-state index is 0.109. The Morgan fingerprint density at radius 3 is 2.29 bits per heavy atom. The van der Waals surface area contributed by atoms with Crippen LogP contribution in [0.25, 0.3) is 0 Å². The molecule has 0 aromatic heterocycles. The summed E-state index contributed by atoms with van der Waals surface area (Å²) in [6.07, 6.45) is -0.344. The van der Waals surface area contributed by atoms with E-state index in [1.54, 1.807) is 30.3 Å². The Bertz CT molecular complexity index is 414. The molecule has 0 saturated heterocycles. The molecule has 0 atom stereocenters. The highest BCUT2D eigenvalue weighted by Crippen LogP contribution is 1.99. The Morgan fingerprint density at radius 1 is 1.06 bits per heavy atom. The zero-order valence-corrected chi connectivity index (χ0v) is 9.18. The quantitative estimate of drug-likeness (QED) is 0.716. The largest absolute Gasteiger partial charge is 0.481 e. The van der Waals surface area contributed by atoms with Crippen LogP contribution < -0.4 is 5.32 Å². The van der Waals surface area contributed by atoms with Crippen molar-refractivity contribution in [3.05, 3.63) is 35.9 Å². The van der Waals surface area contributed by atoms with Crippen molar-refractivity contribution in [2.24, 2.45) is 0 Å². The lowest BCUT2D eigenvalue weighted by atomic mass is 10.1. The van der Waals surface area contributed by atoms with Gasteiger partial charge in [0.1, 0.15) is 0 Å². The Labute approximate surface area is 98.4 Å². The van der Waals surface area contributed by atoms with E-state index < -0.39 is 11.9 Å². The molecule has 0 radical (unpaired) electrons. The second kappa shape index (κ2) is 6.42. The Morgan fingerprint density at radius 2 is 1.71 bits per heavy atom. The molecule has 0 bridgehead atoms. The number of rotatable bonds is 6. The molecule has 0 saturated carbocycles. The summed E-state index contributed by atoms with van der Waals surface area (Å²) in [5, 5.41) is 10.8. The molecule has 0 spiro atoms. The van der Waals surface area contributed by atoms with Crippen LogP contribution >= 0.6 is 0 Å². The molecular weight excluding hydrogens is 222 g/mol. The maximum Gasteiger partial charge on any atom is 0.303 e. The average Bonchev–Trinajstić information content (AvgIpc) is 2.34. The first-order chi connectivity index (χ1) is 8.09. The first kappa shape index (κ1) is 12.9. The number of carboxylic acids is 1. The maximum absolute atomic E-state index is 11.6. The van der Waals surface area contributed by atoms with Crippen LogP contribution in [0.2, 0.25) is 0 Å². The molecule has 0 heterocycles.